The van der Waals surface area contributed by atoms with Crippen molar-refractivity contribution in [2.45, 2.75) is 0 Å². The lowest BCUT2D eigenvalue weighted by atomic mass is 10.3. The Hall–Kier alpha value is -2.50. The van der Waals surface area contributed by atoms with E-state index in [9.17, 15) is 4.79 Å². The largest absolute Gasteiger partial charge is 0.399 e. The van der Waals surface area contributed by atoms with Gasteiger partial charge in [-0.15, -0.1) is 0 Å². The third-order valence-corrected chi connectivity index (χ3v) is 2.11. The molecule has 1 aromatic heterocycles. The first-order chi connectivity index (χ1) is 8.13. The number of rotatable bonds is 2. The Kier molecular flexibility index (Phi) is 2.95. The molecular weight excluding hydrogens is 218 g/mol. The van der Waals surface area contributed by atoms with E-state index in [-0.39, 0.29) is 6.03 Å². The molecule has 0 radical (unpaired) electrons. The maximum Gasteiger partial charge on any atom is 0.323 e. The van der Waals surface area contributed by atoms with E-state index in [1.807, 2.05) is 0 Å². The molecule has 0 spiro atoms. The number of anilines is 3. The summed E-state index contributed by atoms with van der Waals surface area (Å²) >= 11 is 0. The molecular formula is C11H13N5O. The molecule has 6 heteroatoms. The molecule has 6 nitrogen and oxygen atoms in total. The van der Waals surface area contributed by atoms with Crippen molar-refractivity contribution in [3.8, 4) is 0 Å². The zero-order valence-electron chi connectivity index (χ0n) is 9.34. The number of carbonyl (C=O) groups is 1. The summed E-state index contributed by atoms with van der Waals surface area (Å²) in [6, 6.07) is 6.64. The lowest BCUT2D eigenvalue weighted by Gasteiger charge is -2.06. The molecule has 1 aromatic carbocycles. The number of aryl methyl sites for hydroxylation is 1. The molecule has 1 heterocycles. The fraction of sp³-hybridized carbons (Fsp3) is 0.0909. The number of hydrogen-bond donors (Lipinski definition) is 3. The number of nitrogen functional groups attached to an aromatic ring is 1. The second-order valence-corrected chi connectivity index (χ2v) is 3.61. The van der Waals surface area contributed by atoms with Gasteiger partial charge in [0.15, 0.2) is 0 Å². The molecule has 0 unspecified atom stereocenters. The predicted molar refractivity (Wildman–Crippen MR) is 66.7 cm³/mol. The van der Waals surface area contributed by atoms with Crippen LogP contribution in [0.25, 0.3) is 0 Å². The number of carbonyl (C=O) groups excluding carboxylic acids is 1. The Morgan fingerprint density at radius 3 is 2.76 bits per heavy atom. The molecule has 17 heavy (non-hydrogen) atoms. The summed E-state index contributed by atoms with van der Waals surface area (Å²) in [6.45, 7) is 0. The van der Waals surface area contributed by atoms with Crippen LogP contribution in [-0.4, -0.2) is 15.8 Å². The molecule has 2 aromatic rings. The number of benzene rings is 1. The van der Waals surface area contributed by atoms with Crippen LogP contribution in [0.2, 0.25) is 0 Å². The van der Waals surface area contributed by atoms with Gasteiger partial charge in [0.05, 0.1) is 11.9 Å². The quantitative estimate of drug-likeness (QED) is 0.687. The van der Waals surface area contributed by atoms with Gasteiger partial charge in [-0.2, -0.15) is 5.10 Å². The van der Waals surface area contributed by atoms with E-state index in [0.717, 1.165) is 0 Å². The van der Waals surface area contributed by atoms with Gasteiger partial charge in [0.2, 0.25) is 0 Å². The highest BCUT2D eigenvalue weighted by Crippen LogP contribution is 2.12. The topological polar surface area (TPSA) is 85.0 Å². The zero-order valence-corrected chi connectivity index (χ0v) is 9.34. The van der Waals surface area contributed by atoms with Crippen LogP contribution < -0.4 is 16.4 Å². The van der Waals surface area contributed by atoms with Gasteiger partial charge in [0, 0.05) is 24.6 Å². The normalized spacial score (nSPS) is 9.94. The summed E-state index contributed by atoms with van der Waals surface area (Å²) in [6.07, 6.45) is 3.28. The number of urea groups is 1. The van der Waals surface area contributed by atoms with Crippen LogP contribution in [0.3, 0.4) is 0 Å². The van der Waals surface area contributed by atoms with Gasteiger partial charge in [-0.1, -0.05) is 6.07 Å². The van der Waals surface area contributed by atoms with Crippen LogP contribution in [0.1, 0.15) is 0 Å². The minimum atomic E-state index is -0.330. The molecule has 88 valence electrons. The predicted octanol–water partition coefficient (Wildman–Crippen LogP) is 1.65. The maximum absolute atomic E-state index is 11.6. The van der Waals surface area contributed by atoms with Gasteiger partial charge < -0.3 is 16.4 Å². The smallest absolute Gasteiger partial charge is 0.323 e. The number of amides is 2. The van der Waals surface area contributed by atoms with Gasteiger partial charge in [0.25, 0.3) is 0 Å². The Morgan fingerprint density at radius 2 is 2.12 bits per heavy atom. The van der Waals surface area contributed by atoms with Crippen molar-refractivity contribution in [3.63, 3.8) is 0 Å². The number of nitrogens with one attached hydrogen (secondary N) is 2. The van der Waals surface area contributed by atoms with E-state index in [1.165, 1.54) is 0 Å². The van der Waals surface area contributed by atoms with E-state index >= 15 is 0 Å². The Labute approximate surface area is 98.4 Å². The van der Waals surface area contributed by atoms with Gasteiger partial charge in [-0.05, 0) is 18.2 Å². The van der Waals surface area contributed by atoms with Gasteiger partial charge >= 0.3 is 6.03 Å². The van der Waals surface area contributed by atoms with Crippen molar-refractivity contribution in [1.29, 1.82) is 0 Å². The molecule has 2 amide bonds. The minimum absolute atomic E-state index is 0.330. The first-order valence-corrected chi connectivity index (χ1v) is 5.06. The van der Waals surface area contributed by atoms with Crippen LogP contribution >= 0.6 is 0 Å². The number of nitrogens with zero attached hydrogens (tertiary/aromatic N) is 2. The highest BCUT2D eigenvalue weighted by Gasteiger charge is 2.03. The van der Waals surface area contributed by atoms with E-state index in [4.69, 9.17) is 5.73 Å². The second-order valence-electron chi connectivity index (χ2n) is 3.61. The average molecular weight is 231 g/mol. The molecule has 0 aliphatic heterocycles. The van der Waals surface area contributed by atoms with E-state index < -0.39 is 0 Å². The molecule has 4 N–H and O–H groups in total. The molecule has 2 rings (SSSR count). The number of aromatic nitrogens is 2. The molecule has 0 atom stereocenters. The van der Waals surface area contributed by atoms with Gasteiger partial charge in [-0.3, -0.25) is 4.68 Å². The molecule has 0 bridgehead atoms. The highest BCUT2D eigenvalue weighted by atomic mass is 16.2. The Morgan fingerprint density at radius 1 is 1.35 bits per heavy atom. The summed E-state index contributed by atoms with van der Waals surface area (Å²) < 4.78 is 1.61. The number of hydrogen-bond acceptors (Lipinski definition) is 3. The summed E-state index contributed by atoms with van der Waals surface area (Å²) in [5, 5.41) is 9.27. The van der Waals surface area contributed by atoms with Crippen molar-refractivity contribution in [3.05, 3.63) is 36.7 Å². The molecule has 0 aliphatic rings. The van der Waals surface area contributed by atoms with Gasteiger partial charge in [0.1, 0.15) is 0 Å². The molecule has 0 saturated carbocycles. The van der Waals surface area contributed by atoms with Crippen LogP contribution in [-0.2, 0) is 7.05 Å². The first-order valence-electron chi connectivity index (χ1n) is 5.06. The van der Waals surface area contributed by atoms with E-state index in [1.54, 1.807) is 48.4 Å². The van der Waals surface area contributed by atoms with E-state index in [2.05, 4.69) is 15.7 Å². The summed E-state index contributed by atoms with van der Waals surface area (Å²) in [4.78, 5) is 11.6. The third kappa shape index (κ3) is 2.97. The van der Waals surface area contributed by atoms with Crippen molar-refractivity contribution in [2.75, 3.05) is 16.4 Å². The summed E-state index contributed by atoms with van der Waals surface area (Å²) in [5.74, 6) is 0. The molecule has 0 saturated heterocycles. The average Bonchev–Trinajstić information content (AvgIpc) is 2.63. The summed E-state index contributed by atoms with van der Waals surface area (Å²) in [5.41, 5.74) is 7.48. The fourth-order valence-corrected chi connectivity index (χ4v) is 1.40. The fourth-order valence-electron chi connectivity index (χ4n) is 1.40. The third-order valence-electron chi connectivity index (χ3n) is 2.11. The summed E-state index contributed by atoms with van der Waals surface area (Å²) in [7, 11) is 1.78. The van der Waals surface area contributed by atoms with Crippen LogP contribution in [0.5, 0.6) is 0 Å². The van der Waals surface area contributed by atoms with Crippen LogP contribution in [0, 0.1) is 0 Å². The molecule has 0 fully saturated rings. The van der Waals surface area contributed by atoms with Crippen molar-refractivity contribution < 1.29 is 4.79 Å². The monoisotopic (exact) mass is 231 g/mol. The van der Waals surface area contributed by atoms with Gasteiger partial charge in [-0.25, -0.2) is 4.79 Å². The molecule has 0 aliphatic carbocycles. The van der Waals surface area contributed by atoms with E-state index in [0.29, 0.717) is 17.1 Å². The van der Waals surface area contributed by atoms with Crippen LogP contribution in [0.15, 0.2) is 36.7 Å². The van der Waals surface area contributed by atoms with Crippen molar-refractivity contribution >= 4 is 23.1 Å². The Bertz CT molecular complexity index is 534. The first kappa shape index (κ1) is 11.0. The second kappa shape index (κ2) is 4.56. The van der Waals surface area contributed by atoms with Crippen molar-refractivity contribution in [2.24, 2.45) is 7.05 Å². The lowest BCUT2D eigenvalue weighted by molar-refractivity contribution is 0.262. The van der Waals surface area contributed by atoms with Crippen LogP contribution in [0.4, 0.5) is 21.9 Å². The lowest BCUT2D eigenvalue weighted by Crippen LogP contribution is -2.19. The van der Waals surface area contributed by atoms with Crippen molar-refractivity contribution in [1.82, 2.24) is 9.78 Å². The zero-order chi connectivity index (χ0) is 12.3. The Balaban J connectivity index is 1.98. The highest BCUT2D eigenvalue weighted by molar-refractivity contribution is 5.99. The minimum Gasteiger partial charge on any atom is -0.399 e. The number of nitrogens with two attached hydrogens (primary N) is 1. The SMILES string of the molecule is Cn1cc(NC(=O)Nc2cccc(N)c2)cn1. The standard InChI is InChI=1S/C11H13N5O/c1-16-7-10(6-13-16)15-11(17)14-9-4-2-3-8(12)5-9/h2-7H,12H2,1H3,(H2,14,15,17). The maximum atomic E-state index is 11.6.